The first-order valence-corrected chi connectivity index (χ1v) is 6.66. The molecule has 0 aromatic heterocycles. The normalized spacial score (nSPS) is 28.4. The Morgan fingerprint density at radius 1 is 1.32 bits per heavy atom. The van der Waals surface area contributed by atoms with Crippen molar-refractivity contribution in [1.29, 1.82) is 0 Å². The highest BCUT2D eigenvalue weighted by Crippen LogP contribution is 2.39. The first kappa shape index (κ1) is 14.0. The molecule has 106 valence electrons. The van der Waals surface area contributed by atoms with E-state index >= 15 is 0 Å². The van der Waals surface area contributed by atoms with Gasteiger partial charge < -0.3 is 9.84 Å². The molecule has 1 saturated heterocycles. The van der Waals surface area contributed by atoms with Crippen LogP contribution in [0.15, 0.2) is 0 Å². The molecule has 3 atom stereocenters. The highest BCUT2D eigenvalue weighted by Gasteiger charge is 2.51. The van der Waals surface area contributed by atoms with Crippen molar-refractivity contribution in [3.8, 4) is 0 Å². The Kier molecular flexibility index (Phi) is 4.19. The number of imide groups is 1. The Bertz CT molecular complexity index is 370. The van der Waals surface area contributed by atoms with Gasteiger partial charge in [0, 0.05) is 20.1 Å². The first-order chi connectivity index (χ1) is 9.07. The highest BCUT2D eigenvalue weighted by atomic mass is 16.5. The van der Waals surface area contributed by atoms with Crippen LogP contribution in [0, 0.1) is 11.8 Å². The summed E-state index contributed by atoms with van der Waals surface area (Å²) in [7, 11) is 1.46. The molecule has 2 rings (SSSR count). The summed E-state index contributed by atoms with van der Waals surface area (Å²) in [6.45, 7) is 0.212. The van der Waals surface area contributed by atoms with Crippen molar-refractivity contribution in [2.75, 3.05) is 13.7 Å². The third kappa shape index (κ3) is 2.49. The molecule has 6 nitrogen and oxygen atoms in total. The van der Waals surface area contributed by atoms with Gasteiger partial charge in [0.25, 0.3) is 0 Å². The van der Waals surface area contributed by atoms with Crippen LogP contribution >= 0.6 is 0 Å². The maximum atomic E-state index is 12.3. The van der Waals surface area contributed by atoms with Crippen molar-refractivity contribution in [3.05, 3.63) is 0 Å². The number of carboxylic acid groups (broad SMARTS) is 1. The molecule has 0 aromatic carbocycles. The van der Waals surface area contributed by atoms with Crippen LogP contribution in [0.4, 0.5) is 0 Å². The van der Waals surface area contributed by atoms with E-state index in [4.69, 9.17) is 4.74 Å². The second-order valence-electron chi connectivity index (χ2n) is 5.18. The zero-order valence-corrected chi connectivity index (χ0v) is 11.0. The second kappa shape index (κ2) is 5.69. The monoisotopic (exact) mass is 269 g/mol. The van der Waals surface area contributed by atoms with E-state index in [0.29, 0.717) is 12.8 Å². The summed E-state index contributed by atoms with van der Waals surface area (Å²) in [6.07, 6.45) is 3.40. The summed E-state index contributed by atoms with van der Waals surface area (Å²) < 4.78 is 4.86. The number of hydrogen-bond donors (Lipinski definition) is 1. The zero-order valence-electron chi connectivity index (χ0n) is 11.0. The number of hydrogen-bond acceptors (Lipinski definition) is 4. The van der Waals surface area contributed by atoms with E-state index in [1.807, 2.05) is 0 Å². The van der Waals surface area contributed by atoms with Crippen LogP contribution in [0.5, 0.6) is 0 Å². The number of aliphatic carboxylic acids is 1. The van der Waals surface area contributed by atoms with Gasteiger partial charge >= 0.3 is 5.97 Å². The molecule has 6 heteroatoms. The average molecular weight is 269 g/mol. The third-order valence-corrected chi connectivity index (χ3v) is 4.07. The van der Waals surface area contributed by atoms with E-state index in [9.17, 15) is 19.5 Å². The number of carbonyl (C=O) groups excluding carboxylic acids is 2. The fourth-order valence-corrected chi connectivity index (χ4v) is 3.09. The van der Waals surface area contributed by atoms with Gasteiger partial charge in [-0.25, -0.2) is 4.79 Å². The minimum atomic E-state index is -1.14. The molecule has 0 radical (unpaired) electrons. The van der Waals surface area contributed by atoms with Crippen LogP contribution < -0.4 is 0 Å². The smallest absolute Gasteiger partial charge is 0.327 e. The van der Waals surface area contributed by atoms with Crippen LogP contribution in [0.2, 0.25) is 0 Å². The van der Waals surface area contributed by atoms with Gasteiger partial charge in [0.2, 0.25) is 11.8 Å². The van der Waals surface area contributed by atoms with E-state index in [-0.39, 0.29) is 36.7 Å². The molecule has 2 aliphatic rings. The molecule has 19 heavy (non-hydrogen) atoms. The molecule has 1 aliphatic heterocycles. The topological polar surface area (TPSA) is 83.9 Å². The number of rotatable bonds is 5. The lowest BCUT2D eigenvalue weighted by Gasteiger charge is -2.22. The first-order valence-electron chi connectivity index (χ1n) is 6.66. The summed E-state index contributed by atoms with van der Waals surface area (Å²) in [5.74, 6) is -2.36. The van der Waals surface area contributed by atoms with E-state index in [0.717, 1.165) is 17.7 Å². The molecule has 0 bridgehead atoms. The van der Waals surface area contributed by atoms with Gasteiger partial charge in [-0.2, -0.15) is 0 Å². The van der Waals surface area contributed by atoms with Crippen molar-refractivity contribution in [2.24, 2.45) is 11.8 Å². The minimum Gasteiger partial charge on any atom is -0.480 e. The fourth-order valence-electron chi connectivity index (χ4n) is 3.09. The van der Waals surface area contributed by atoms with Crippen LogP contribution in [0.25, 0.3) is 0 Å². The van der Waals surface area contributed by atoms with Crippen LogP contribution in [0.1, 0.15) is 32.1 Å². The number of fused-ring (bicyclic) bond motifs is 1. The van der Waals surface area contributed by atoms with Gasteiger partial charge in [0.1, 0.15) is 6.04 Å². The molecule has 0 spiro atoms. The van der Waals surface area contributed by atoms with Crippen molar-refractivity contribution < 1.29 is 24.2 Å². The molecule has 2 fully saturated rings. The Balaban J connectivity index is 2.19. The average Bonchev–Trinajstić information content (AvgIpc) is 2.64. The maximum absolute atomic E-state index is 12.3. The molecule has 2 amide bonds. The lowest BCUT2D eigenvalue weighted by Crippen LogP contribution is -2.46. The van der Waals surface area contributed by atoms with Gasteiger partial charge in [0.15, 0.2) is 0 Å². The molecule has 1 heterocycles. The predicted molar refractivity (Wildman–Crippen MR) is 65.2 cm³/mol. The maximum Gasteiger partial charge on any atom is 0.327 e. The third-order valence-electron chi connectivity index (χ3n) is 4.07. The van der Waals surface area contributed by atoms with Crippen molar-refractivity contribution in [1.82, 2.24) is 4.90 Å². The lowest BCUT2D eigenvalue weighted by molar-refractivity contribution is -0.155. The highest BCUT2D eigenvalue weighted by molar-refractivity contribution is 6.07. The molecule has 1 N–H and O–H groups in total. The quantitative estimate of drug-likeness (QED) is 0.741. The number of carbonyl (C=O) groups is 3. The van der Waals surface area contributed by atoms with E-state index in [2.05, 4.69) is 0 Å². The number of methoxy groups -OCH3 is 1. The van der Waals surface area contributed by atoms with Gasteiger partial charge in [-0.05, 0) is 12.8 Å². The van der Waals surface area contributed by atoms with Crippen LogP contribution in [-0.2, 0) is 19.1 Å². The van der Waals surface area contributed by atoms with Crippen LogP contribution in [-0.4, -0.2) is 47.5 Å². The number of amides is 2. The molecule has 0 aromatic rings. The van der Waals surface area contributed by atoms with E-state index < -0.39 is 12.0 Å². The number of likely N-dealkylation sites (tertiary alicyclic amines) is 1. The summed E-state index contributed by atoms with van der Waals surface area (Å²) >= 11 is 0. The molecule has 1 aliphatic carbocycles. The van der Waals surface area contributed by atoms with Gasteiger partial charge in [-0.15, -0.1) is 0 Å². The largest absolute Gasteiger partial charge is 0.480 e. The Morgan fingerprint density at radius 2 is 1.84 bits per heavy atom. The molecular weight excluding hydrogens is 250 g/mol. The lowest BCUT2D eigenvalue weighted by atomic mass is 9.81. The zero-order chi connectivity index (χ0) is 14.0. The minimum absolute atomic E-state index is 0.142. The Morgan fingerprint density at radius 3 is 2.26 bits per heavy atom. The predicted octanol–water partition coefficient (Wildman–Crippen LogP) is 0.651. The summed E-state index contributed by atoms with van der Waals surface area (Å²) in [5.41, 5.74) is 0. The molecule has 3 unspecified atom stereocenters. The SMILES string of the molecule is COCCC(C(=O)O)N1C(=O)C2CCCCC2C1=O. The molecule has 1 saturated carbocycles. The van der Waals surface area contributed by atoms with E-state index in [1.54, 1.807) is 0 Å². The number of carboxylic acids is 1. The Hall–Kier alpha value is -1.43. The van der Waals surface area contributed by atoms with E-state index in [1.165, 1.54) is 7.11 Å². The van der Waals surface area contributed by atoms with Gasteiger partial charge in [-0.1, -0.05) is 12.8 Å². The standard InChI is InChI=1S/C13H19NO5/c1-19-7-6-10(13(17)18)14-11(15)8-4-2-3-5-9(8)12(14)16/h8-10H,2-7H2,1H3,(H,17,18). The fraction of sp³-hybridized carbons (Fsp3) is 0.769. The second-order valence-corrected chi connectivity index (χ2v) is 5.18. The summed E-state index contributed by atoms with van der Waals surface area (Å²) in [5, 5.41) is 9.23. The number of ether oxygens (including phenoxy) is 1. The van der Waals surface area contributed by atoms with Crippen molar-refractivity contribution in [2.45, 2.75) is 38.1 Å². The van der Waals surface area contributed by atoms with Gasteiger partial charge in [-0.3, -0.25) is 14.5 Å². The Labute approximate surface area is 111 Å². The molecular formula is C13H19NO5. The summed E-state index contributed by atoms with van der Waals surface area (Å²) in [4.78, 5) is 36.8. The summed E-state index contributed by atoms with van der Waals surface area (Å²) in [6, 6.07) is -1.09. The van der Waals surface area contributed by atoms with Gasteiger partial charge in [0.05, 0.1) is 11.8 Å². The number of nitrogens with zero attached hydrogens (tertiary/aromatic N) is 1. The van der Waals surface area contributed by atoms with Crippen molar-refractivity contribution in [3.63, 3.8) is 0 Å². The van der Waals surface area contributed by atoms with Crippen LogP contribution in [0.3, 0.4) is 0 Å². The van der Waals surface area contributed by atoms with Crippen molar-refractivity contribution >= 4 is 17.8 Å².